The van der Waals surface area contributed by atoms with Crippen LogP contribution in [-0.2, 0) is 20.5 Å². The average molecular weight is 289 g/mol. The van der Waals surface area contributed by atoms with Gasteiger partial charge < -0.3 is 14.2 Å². The molecule has 1 heterocycles. The number of hydrogen-bond donors (Lipinski definition) is 0. The summed E-state index contributed by atoms with van der Waals surface area (Å²) in [6.45, 7) is 8.11. The Morgan fingerprint density at radius 2 is 1.62 bits per heavy atom. The molecule has 0 bridgehead atoms. The molecule has 1 amide bonds. The predicted molar refractivity (Wildman–Crippen MR) is 84.6 cm³/mol. The molecule has 0 aliphatic carbocycles. The van der Waals surface area contributed by atoms with Gasteiger partial charge >= 0.3 is 7.12 Å². The fourth-order valence-corrected chi connectivity index (χ4v) is 2.22. The van der Waals surface area contributed by atoms with E-state index in [1.807, 2.05) is 52.0 Å². The van der Waals surface area contributed by atoms with Gasteiger partial charge in [-0.3, -0.25) is 4.79 Å². The fraction of sp³-hybridized carbons (Fsp3) is 0.562. The van der Waals surface area contributed by atoms with Gasteiger partial charge in [0.1, 0.15) is 0 Å². The second kappa shape index (κ2) is 5.46. The number of rotatable bonds is 3. The Hall–Kier alpha value is -1.33. The number of benzene rings is 1. The summed E-state index contributed by atoms with van der Waals surface area (Å²) >= 11 is 0. The molecule has 0 spiro atoms. The lowest BCUT2D eigenvalue weighted by atomic mass is 9.75. The second-order valence-corrected chi connectivity index (χ2v) is 6.75. The largest absolute Gasteiger partial charge is 0.495 e. The maximum Gasteiger partial charge on any atom is 0.495 e. The van der Waals surface area contributed by atoms with Crippen molar-refractivity contribution in [1.82, 2.24) is 4.90 Å². The van der Waals surface area contributed by atoms with Crippen LogP contribution in [0.25, 0.3) is 0 Å². The van der Waals surface area contributed by atoms with Gasteiger partial charge in [0.05, 0.1) is 17.6 Å². The van der Waals surface area contributed by atoms with E-state index in [4.69, 9.17) is 9.31 Å². The minimum atomic E-state index is -0.429. The Bertz CT molecular complexity index is 524. The van der Waals surface area contributed by atoms with Crippen molar-refractivity contribution in [2.24, 2.45) is 0 Å². The summed E-state index contributed by atoms with van der Waals surface area (Å²) in [5.41, 5.74) is 1.13. The molecular formula is C16H24BNO3. The van der Waals surface area contributed by atoms with E-state index in [-0.39, 0.29) is 17.1 Å². The first-order chi connectivity index (χ1) is 9.64. The van der Waals surface area contributed by atoms with Crippen molar-refractivity contribution in [2.75, 3.05) is 14.1 Å². The number of carbonyl (C=O) groups excluding carboxylic acids is 1. The van der Waals surface area contributed by atoms with Crippen LogP contribution >= 0.6 is 0 Å². The van der Waals surface area contributed by atoms with Crippen LogP contribution in [0.2, 0.25) is 0 Å². The first-order valence-electron chi connectivity index (χ1n) is 7.27. The molecule has 21 heavy (non-hydrogen) atoms. The number of nitrogens with zero attached hydrogens (tertiary/aromatic N) is 1. The Balaban J connectivity index is 2.28. The van der Waals surface area contributed by atoms with Crippen LogP contribution in [0, 0.1) is 0 Å². The van der Waals surface area contributed by atoms with E-state index in [0.717, 1.165) is 11.0 Å². The van der Waals surface area contributed by atoms with Gasteiger partial charge in [0, 0.05) is 14.1 Å². The Kier molecular flexibility index (Phi) is 4.18. The van der Waals surface area contributed by atoms with E-state index in [1.165, 1.54) is 0 Å². The van der Waals surface area contributed by atoms with Gasteiger partial charge in [-0.15, -0.1) is 0 Å². The summed E-state index contributed by atoms with van der Waals surface area (Å²) < 4.78 is 12.2. The van der Waals surface area contributed by atoms with Gasteiger partial charge in [-0.05, 0) is 38.7 Å². The van der Waals surface area contributed by atoms with E-state index < -0.39 is 7.12 Å². The van der Waals surface area contributed by atoms with Gasteiger partial charge in [-0.1, -0.05) is 24.3 Å². The standard InChI is InChI=1S/C16H24BNO3/c1-15(2)16(3,4)21-17(20-15)13-10-8-7-9-12(13)11-14(19)18(5)6/h7-10H,11H2,1-6H3. The molecule has 0 N–H and O–H groups in total. The highest BCUT2D eigenvalue weighted by Crippen LogP contribution is 2.36. The van der Waals surface area contributed by atoms with Crippen LogP contribution in [0.5, 0.6) is 0 Å². The van der Waals surface area contributed by atoms with Gasteiger partial charge in [0.15, 0.2) is 0 Å². The highest BCUT2D eigenvalue weighted by molar-refractivity contribution is 6.62. The normalized spacial score (nSPS) is 19.6. The molecule has 1 aromatic rings. The third-order valence-electron chi connectivity index (χ3n) is 4.40. The highest BCUT2D eigenvalue weighted by Gasteiger charge is 2.52. The van der Waals surface area contributed by atoms with Crippen LogP contribution in [0.15, 0.2) is 24.3 Å². The molecule has 1 aromatic carbocycles. The van der Waals surface area contributed by atoms with Crippen LogP contribution in [0.4, 0.5) is 0 Å². The lowest BCUT2D eigenvalue weighted by Crippen LogP contribution is -2.41. The van der Waals surface area contributed by atoms with Crippen molar-refractivity contribution in [3.8, 4) is 0 Å². The minimum Gasteiger partial charge on any atom is -0.399 e. The minimum absolute atomic E-state index is 0.0685. The zero-order valence-electron chi connectivity index (χ0n) is 13.8. The zero-order valence-corrected chi connectivity index (χ0v) is 13.8. The summed E-state index contributed by atoms with van der Waals surface area (Å²) in [5.74, 6) is 0.0685. The van der Waals surface area contributed by atoms with Gasteiger partial charge in [0.2, 0.25) is 5.91 Å². The van der Waals surface area contributed by atoms with Crippen LogP contribution < -0.4 is 5.46 Å². The Labute approximate surface area is 127 Å². The monoisotopic (exact) mass is 289 g/mol. The molecule has 0 atom stereocenters. The van der Waals surface area contributed by atoms with E-state index in [9.17, 15) is 4.79 Å². The molecule has 0 unspecified atom stereocenters. The third kappa shape index (κ3) is 3.14. The summed E-state index contributed by atoms with van der Waals surface area (Å²) in [4.78, 5) is 13.6. The SMILES string of the molecule is CN(C)C(=O)Cc1ccccc1B1OC(C)(C)C(C)(C)O1. The number of carbonyl (C=O) groups is 1. The smallest absolute Gasteiger partial charge is 0.399 e. The quantitative estimate of drug-likeness (QED) is 0.794. The highest BCUT2D eigenvalue weighted by atomic mass is 16.7. The second-order valence-electron chi connectivity index (χ2n) is 6.75. The summed E-state index contributed by atoms with van der Waals surface area (Å²) in [6.07, 6.45) is 0.354. The van der Waals surface area contributed by atoms with Crippen LogP contribution in [0.3, 0.4) is 0 Å². The van der Waals surface area contributed by atoms with Crippen LogP contribution in [0.1, 0.15) is 33.3 Å². The fourth-order valence-electron chi connectivity index (χ4n) is 2.22. The lowest BCUT2D eigenvalue weighted by Gasteiger charge is -2.32. The summed E-state index contributed by atoms with van der Waals surface area (Å²) in [6, 6.07) is 7.82. The van der Waals surface area contributed by atoms with Crippen molar-refractivity contribution in [1.29, 1.82) is 0 Å². The molecule has 2 rings (SSSR count). The van der Waals surface area contributed by atoms with E-state index in [1.54, 1.807) is 19.0 Å². The van der Waals surface area contributed by atoms with Crippen molar-refractivity contribution >= 4 is 18.5 Å². The molecule has 1 fully saturated rings. The molecule has 1 aliphatic heterocycles. The van der Waals surface area contributed by atoms with E-state index >= 15 is 0 Å². The molecule has 4 nitrogen and oxygen atoms in total. The van der Waals surface area contributed by atoms with Crippen molar-refractivity contribution in [3.05, 3.63) is 29.8 Å². The summed E-state index contributed by atoms with van der Waals surface area (Å²) in [5, 5.41) is 0. The molecule has 5 heteroatoms. The number of hydrogen-bond acceptors (Lipinski definition) is 3. The lowest BCUT2D eigenvalue weighted by molar-refractivity contribution is -0.127. The van der Waals surface area contributed by atoms with Gasteiger partial charge in [-0.2, -0.15) is 0 Å². The number of likely N-dealkylation sites (N-methyl/N-ethyl adjacent to an activating group) is 1. The molecule has 0 saturated carbocycles. The first kappa shape index (κ1) is 16.1. The van der Waals surface area contributed by atoms with Crippen molar-refractivity contribution in [2.45, 2.75) is 45.3 Å². The first-order valence-corrected chi connectivity index (χ1v) is 7.27. The predicted octanol–water partition coefficient (Wildman–Crippen LogP) is 1.62. The Morgan fingerprint density at radius 1 is 1.10 bits per heavy atom. The summed E-state index contributed by atoms with van der Waals surface area (Å²) in [7, 11) is 3.10. The molecule has 1 saturated heterocycles. The molecule has 114 valence electrons. The van der Waals surface area contributed by atoms with E-state index in [0.29, 0.717) is 6.42 Å². The topological polar surface area (TPSA) is 38.8 Å². The average Bonchev–Trinajstić information content (AvgIpc) is 2.58. The van der Waals surface area contributed by atoms with Crippen LogP contribution in [-0.4, -0.2) is 43.2 Å². The molecular weight excluding hydrogens is 265 g/mol. The van der Waals surface area contributed by atoms with Gasteiger partial charge in [0.25, 0.3) is 0 Å². The maximum absolute atomic E-state index is 12.0. The molecule has 1 aliphatic rings. The van der Waals surface area contributed by atoms with Crippen molar-refractivity contribution < 1.29 is 14.1 Å². The zero-order chi connectivity index (χ0) is 15.8. The van der Waals surface area contributed by atoms with Gasteiger partial charge in [-0.25, -0.2) is 0 Å². The number of amides is 1. The molecule has 0 radical (unpaired) electrons. The Morgan fingerprint density at radius 3 is 2.14 bits per heavy atom. The molecule has 0 aromatic heterocycles. The van der Waals surface area contributed by atoms with Crippen molar-refractivity contribution in [3.63, 3.8) is 0 Å². The maximum atomic E-state index is 12.0. The van der Waals surface area contributed by atoms with E-state index in [2.05, 4.69) is 0 Å². The third-order valence-corrected chi connectivity index (χ3v) is 4.40.